The summed E-state index contributed by atoms with van der Waals surface area (Å²) in [5.41, 5.74) is -0.711. The number of nitrogens with zero attached hydrogens (tertiary/aromatic N) is 4. The molecule has 0 spiro atoms. The molecule has 0 saturated carbocycles. The number of carbonyl (C=O) groups is 2. The van der Waals surface area contributed by atoms with Crippen molar-refractivity contribution in [1.29, 1.82) is 0 Å². The molecule has 0 unspecified atom stereocenters. The van der Waals surface area contributed by atoms with Crippen molar-refractivity contribution in [3.63, 3.8) is 0 Å². The van der Waals surface area contributed by atoms with Crippen LogP contribution in [0.2, 0.25) is 0 Å². The van der Waals surface area contributed by atoms with Crippen LogP contribution < -0.4 is 5.32 Å². The van der Waals surface area contributed by atoms with E-state index in [1.165, 1.54) is 11.0 Å². The van der Waals surface area contributed by atoms with Crippen molar-refractivity contribution in [3.05, 3.63) is 6.33 Å². The average molecular weight is 255 g/mol. The fourth-order valence-electron chi connectivity index (χ4n) is 1.75. The number of tetrazole rings is 1. The molecule has 0 atom stereocenters. The first-order valence-corrected chi connectivity index (χ1v) is 5.75. The van der Waals surface area contributed by atoms with E-state index in [1.807, 2.05) is 13.8 Å². The fraction of sp³-hybridized carbons (Fsp3) is 0.700. The number of carboxylic acid groups (broad SMARTS) is 1. The van der Waals surface area contributed by atoms with Crippen LogP contribution in [0.3, 0.4) is 0 Å². The number of amides is 1. The van der Waals surface area contributed by atoms with Crippen LogP contribution >= 0.6 is 0 Å². The summed E-state index contributed by atoms with van der Waals surface area (Å²) in [6.45, 7) is 3.68. The van der Waals surface area contributed by atoms with Crippen molar-refractivity contribution in [1.82, 2.24) is 25.5 Å². The third-order valence-corrected chi connectivity index (χ3v) is 2.94. The van der Waals surface area contributed by atoms with Crippen LogP contribution in [0, 0.1) is 0 Å². The van der Waals surface area contributed by atoms with Crippen LogP contribution in [-0.2, 0) is 16.1 Å². The van der Waals surface area contributed by atoms with Gasteiger partial charge in [0.15, 0.2) is 0 Å². The van der Waals surface area contributed by atoms with Gasteiger partial charge in [-0.15, -0.1) is 5.10 Å². The largest absolute Gasteiger partial charge is 0.481 e. The Kier molecular flexibility index (Phi) is 4.75. The van der Waals surface area contributed by atoms with Gasteiger partial charge in [0.05, 0.1) is 12.0 Å². The Balaban J connectivity index is 2.65. The van der Waals surface area contributed by atoms with E-state index in [-0.39, 0.29) is 18.9 Å². The summed E-state index contributed by atoms with van der Waals surface area (Å²) in [6.07, 6.45) is 2.34. The smallest absolute Gasteiger partial charge is 0.305 e. The zero-order valence-corrected chi connectivity index (χ0v) is 10.5. The van der Waals surface area contributed by atoms with Crippen LogP contribution in [0.15, 0.2) is 6.33 Å². The molecule has 100 valence electrons. The molecule has 1 heterocycles. The van der Waals surface area contributed by atoms with E-state index in [4.69, 9.17) is 5.11 Å². The summed E-state index contributed by atoms with van der Waals surface area (Å²) in [4.78, 5) is 22.6. The summed E-state index contributed by atoms with van der Waals surface area (Å²) < 4.78 is 1.28. The van der Waals surface area contributed by atoms with E-state index in [0.717, 1.165) is 0 Å². The van der Waals surface area contributed by atoms with Crippen molar-refractivity contribution in [3.8, 4) is 0 Å². The Morgan fingerprint density at radius 2 is 2.06 bits per heavy atom. The van der Waals surface area contributed by atoms with Crippen LogP contribution in [0.5, 0.6) is 0 Å². The zero-order valence-electron chi connectivity index (χ0n) is 10.5. The number of nitrogens with one attached hydrogen (secondary N) is 1. The van der Waals surface area contributed by atoms with E-state index in [0.29, 0.717) is 12.8 Å². The van der Waals surface area contributed by atoms with E-state index < -0.39 is 11.5 Å². The number of rotatable bonds is 7. The molecule has 1 amide bonds. The normalized spacial score (nSPS) is 11.2. The molecule has 0 aliphatic rings. The maximum absolute atomic E-state index is 11.8. The summed E-state index contributed by atoms with van der Waals surface area (Å²) in [6, 6.07) is 0. The number of aliphatic carboxylic acids is 1. The van der Waals surface area contributed by atoms with Crippen molar-refractivity contribution in [2.45, 2.75) is 45.2 Å². The molecule has 1 aromatic heterocycles. The molecule has 2 N–H and O–H groups in total. The molecule has 8 heteroatoms. The molecule has 0 aliphatic heterocycles. The molecule has 0 radical (unpaired) electrons. The van der Waals surface area contributed by atoms with Gasteiger partial charge in [-0.1, -0.05) is 13.8 Å². The molecule has 0 aromatic carbocycles. The lowest BCUT2D eigenvalue weighted by Crippen LogP contribution is -2.50. The van der Waals surface area contributed by atoms with Crippen LogP contribution in [0.25, 0.3) is 0 Å². The number of carbonyl (C=O) groups excluding carboxylic acids is 1. The second-order valence-electron chi connectivity index (χ2n) is 4.11. The number of hydrogen-bond donors (Lipinski definition) is 2. The topological polar surface area (TPSA) is 110 Å². The maximum atomic E-state index is 11.8. The van der Waals surface area contributed by atoms with Gasteiger partial charge in [-0.3, -0.25) is 9.59 Å². The van der Waals surface area contributed by atoms with Gasteiger partial charge in [0, 0.05) is 0 Å². The highest BCUT2D eigenvalue weighted by Crippen LogP contribution is 2.19. The van der Waals surface area contributed by atoms with E-state index in [1.54, 1.807) is 0 Å². The first kappa shape index (κ1) is 14.1. The molecule has 0 fully saturated rings. The van der Waals surface area contributed by atoms with E-state index in [2.05, 4.69) is 20.8 Å². The van der Waals surface area contributed by atoms with Gasteiger partial charge in [0.2, 0.25) is 5.91 Å². The second kappa shape index (κ2) is 6.08. The third-order valence-electron chi connectivity index (χ3n) is 2.94. The highest BCUT2D eigenvalue weighted by Gasteiger charge is 2.30. The highest BCUT2D eigenvalue weighted by molar-refractivity contribution is 5.78. The third kappa shape index (κ3) is 3.79. The lowest BCUT2D eigenvalue weighted by Gasteiger charge is -2.31. The van der Waals surface area contributed by atoms with Crippen molar-refractivity contribution < 1.29 is 14.7 Å². The van der Waals surface area contributed by atoms with E-state index >= 15 is 0 Å². The van der Waals surface area contributed by atoms with Gasteiger partial charge < -0.3 is 10.4 Å². The molecular weight excluding hydrogens is 238 g/mol. The Hall–Kier alpha value is -1.99. The minimum absolute atomic E-state index is 0.0195. The maximum Gasteiger partial charge on any atom is 0.305 e. The summed E-state index contributed by atoms with van der Waals surface area (Å²) >= 11 is 0. The minimum Gasteiger partial charge on any atom is -0.481 e. The van der Waals surface area contributed by atoms with E-state index in [9.17, 15) is 9.59 Å². The average Bonchev–Trinajstić information content (AvgIpc) is 2.80. The van der Waals surface area contributed by atoms with Gasteiger partial charge in [-0.2, -0.15) is 0 Å². The lowest BCUT2D eigenvalue weighted by atomic mass is 9.89. The minimum atomic E-state index is -0.929. The quantitative estimate of drug-likeness (QED) is 0.699. The molecule has 1 rings (SSSR count). The summed E-state index contributed by atoms with van der Waals surface area (Å²) in [5.74, 6) is -1.23. The molecule has 1 aromatic rings. The Labute approximate surface area is 104 Å². The standard InChI is InChI=1S/C10H17N5O3/c1-3-10(4-2,5-9(17)18)12-8(16)6-15-7-11-13-14-15/h7H,3-6H2,1-2H3,(H,12,16)(H,17,18). The van der Waals surface area contributed by atoms with Gasteiger partial charge in [-0.25, -0.2) is 4.68 Å². The van der Waals surface area contributed by atoms with Gasteiger partial charge in [0.1, 0.15) is 12.9 Å². The van der Waals surface area contributed by atoms with Crippen molar-refractivity contribution in [2.24, 2.45) is 0 Å². The Bertz CT molecular complexity index is 400. The number of hydrogen-bond acceptors (Lipinski definition) is 5. The summed E-state index contributed by atoms with van der Waals surface area (Å²) in [5, 5.41) is 22.1. The molecule has 18 heavy (non-hydrogen) atoms. The predicted octanol–water partition coefficient (Wildman–Crippen LogP) is -0.177. The fourth-order valence-corrected chi connectivity index (χ4v) is 1.75. The van der Waals surface area contributed by atoms with Crippen molar-refractivity contribution in [2.75, 3.05) is 0 Å². The lowest BCUT2D eigenvalue weighted by molar-refractivity contribution is -0.139. The van der Waals surface area contributed by atoms with Gasteiger partial charge >= 0.3 is 5.97 Å². The Morgan fingerprint density at radius 3 is 2.50 bits per heavy atom. The van der Waals surface area contributed by atoms with Crippen LogP contribution in [0.1, 0.15) is 33.1 Å². The highest BCUT2D eigenvalue weighted by atomic mass is 16.4. The second-order valence-corrected chi connectivity index (χ2v) is 4.11. The number of carboxylic acids is 1. The van der Waals surface area contributed by atoms with Crippen LogP contribution in [-0.4, -0.2) is 42.7 Å². The molecule has 0 saturated heterocycles. The molecule has 0 bridgehead atoms. The first-order chi connectivity index (χ1) is 8.51. The monoisotopic (exact) mass is 255 g/mol. The molecule has 8 nitrogen and oxygen atoms in total. The van der Waals surface area contributed by atoms with Crippen LogP contribution in [0.4, 0.5) is 0 Å². The first-order valence-electron chi connectivity index (χ1n) is 5.75. The zero-order chi connectivity index (χ0) is 13.6. The van der Waals surface area contributed by atoms with Gasteiger partial charge in [0.25, 0.3) is 0 Å². The molecule has 0 aliphatic carbocycles. The van der Waals surface area contributed by atoms with Crippen molar-refractivity contribution >= 4 is 11.9 Å². The summed E-state index contributed by atoms with van der Waals surface area (Å²) in [7, 11) is 0. The Morgan fingerprint density at radius 1 is 1.39 bits per heavy atom. The predicted molar refractivity (Wildman–Crippen MR) is 61.5 cm³/mol. The number of aromatic nitrogens is 4. The SMILES string of the molecule is CCC(CC)(CC(=O)O)NC(=O)Cn1cnnn1. The van der Waals surface area contributed by atoms with Gasteiger partial charge in [-0.05, 0) is 23.3 Å². The molecular formula is C10H17N5O3.